The van der Waals surface area contributed by atoms with Crippen molar-refractivity contribution in [2.45, 2.75) is 31.4 Å². The lowest BCUT2D eigenvalue weighted by molar-refractivity contribution is 0.0761. The molecule has 1 aliphatic heterocycles. The predicted octanol–water partition coefficient (Wildman–Crippen LogP) is 3.40. The molecule has 0 radical (unpaired) electrons. The van der Waals surface area contributed by atoms with Crippen LogP contribution in [-0.2, 0) is 0 Å². The van der Waals surface area contributed by atoms with Crippen molar-refractivity contribution in [3.63, 3.8) is 0 Å². The molecule has 1 fully saturated rings. The second-order valence-electron chi connectivity index (χ2n) is 4.89. The highest BCUT2D eigenvalue weighted by Crippen LogP contribution is 2.24. The van der Waals surface area contributed by atoms with Crippen LogP contribution in [0.15, 0.2) is 12.3 Å². The van der Waals surface area contributed by atoms with Crippen LogP contribution in [0.5, 0.6) is 0 Å². The summed E-state index contributed by atoms with van der Waals surface area (Å²) in [6, 6.07) is 1.75. The highest BCUT2D eigenvalue weighted by molar-refractivity contribution is 7.99. The van der Waals surface area contributed by atoms with E-state index in [1.165, 1.54) is 6.42 Å². The molecule has 0 saturated carbocycles. The Morgan fingerprint density at radius 3 is 2.95 bits per heavy atom. The molecule has 1 atom stereocenters. The molecule has 5 heteroatoms. The maximum absolute atomic E-state index is 12.5. The molecule has 1 amide bonds. The molecule has 0 aromatic carbocycles. The van der Waals surface area contributed by atoms with Gasteiger partial charge in [-0.05, 0) is 38.5 Å². The zero-order valence-corrected chi connectivity index (χ0v) is 12.9. The van der Waals surface area contributed by atoms with Gasteiger partial charge in [0.1, 0.15) is 0 Å². The fourth-order valence-electron chi connectivity index (χ4n) is 2.36. The van der Waals surface area contributed by atoms with Crippen molar-refractivity contribution in [1.29, 1.82) is 0 Å². The van der Waals surface area contributed by atoms with Crippen molar-refractivity contribution >= 4 is 29.3 Å². The molecule has 3 nitrogen and oxygen atoms in total. The first kappa shape index (κ1) is 14.7. The number of hydrogen-bond donors (Lipinski definition) is 0. The van der Waals surface area contributed by atoms with E-state index in [0.717, 1.165) is 31.6 Å². The van der Waals surface area contributed by atoms with Crippen molar-refractivity contribution in [2.75, 3.05) is 19.3 Å². The summed E-state index contributed by atoms with van der Waals surface area (Å²) in [5.74, 6) is 0.0132. The lowest BCUT2D eigenvalue weighted by Crippen LogP contribution is -2.32. The summed E-state index contributed by atoms with van der Waals surface area (Å²) in [7, 11) is 0. The van der Waals surface area contributed by atoms with Gasteiger partial charge in [-0.15, -0.1) is 0 Å². The molecular formula is C14H19ClN2OS. The molecule has 1 saturated heterocycles. The lowest BCUT2D eigenvalue weighted by Gasteiger charge is -2.21. The van der Waals surface area contributed by atoms with Gasteiger partial charge in [0, 0.05) is 30.2 Å². The summed E-state index contributed by atoms with van der Waals surface area (Å²) in [6.45, 7) is 3.50. The topological polar surface area (TPSA) is 33.2 Å². The van der Waals surface area contributed by atoms with Crippen molar-refractivity contribution in [3.05, 3.63) is 28.5 Å². The first-order valence-electron chi connectivity index (χ1n) is 6.56. The third-order valence-electron chi connectivity index (χ3n) is 3.52. The zero-order chi connectivity index (χ0) is 13.8. The smallest absolute Gasteiger partial charge is 0.256 e. The van der Waals surface area contributed by atoms with Crippen LogP contribution in [0.25, 0.3) is 0 Å². The molecule has 1 aromatic rings. The average molecular weight is 299 g/mol. The second-order valence-corrected chi connectivity index (χ2v) is 6.43. The van der Waals surface area contributed by atoms with Crippen LogP contribution in [0.2, 0.25) is 5.02 Å². The van der Waals surface area contributed by atoms with E-state index < -0.39 is 0 Å². The number of aromatic nitrogens is 1. The van der Waals surface area contributed by atoms with Crippen molar-refractivity contribution in [3.8, 4) is 0 Å². The minimum Gasteiger partial charge on any atom is -0.339 e. The van der Waals surface area contributed by atoms with Gasteiger partial charge in [0.05, 0.1) is 10.6 Å². The van der Waals surface area contributed by atoms with Crippen LogP contribution in [-0.4, -0.2) is 40.4 Å². The van der Waals surface area contributed by atoms with E-state index >= 15 is 0 Å². The minimum absolute atomic E-state index is 0.0132. The van der Waals surface area contributed by atoms with E-state index in [-0.39, 0.29) is 5.91 Å². The van der Waals surface area contributed by atoms with Gasteiger partial charge >= 0.3 is 0 Å². The third kappa shape index (κ3) is 3.63. The van der Waals surface area contributed by atoms with Gasteiger partial charge < -0.3 is 4.90 Å². The molecule has 0 N–H and O–H groups in total. The number of likely N-dealkylation sites (tertiary alicyclic amines) is 1. The van der Waals surface area contributed by atoms with Crippen LogP contribution in [0.3, 0.4) is 0 Å². The minimum atomic E-state index is 0.0132. The summed E-state index contributed by atoms with van der Waals surface area (Å²) >= 11 is 8.05. The molecule has 104 valence electrons. The molecule has 0 aliphatic carbocycles. The predicted molar refractivity (Wildman–Crippen MR) is 81.0 cm³/mol. The van der Waals surface area contributed by atoms with E-state index in [4.69, 9.17) is 11.6 Å². The van der Waals surface area contributed by atoms with Gasteiger partial charge in [-0.1, -0.05) is 11.6 Å². The number of amides is 1. The van der Waals surface area contributed by atoms with Gasteiger partial charge in [0.2, 0.25) is 0 Å². The Morgan fingerprint density at radius 1 is 1.47 bits per heavy atom. The number of rotatable bonds is 2. The maximum Gasteiger partial charge on any atom is 0.256 e. The van der Waals surface area contributed by atoms with Crippen LogP contribution < -0.4 is 0 Å². The van der Waals surface area contributed by atoms with Gasteiger partial charge in [0.25, 0.3) is 5.91 Å². The number of carbonyl (C=O) groups is 1. The Kier molecular flexibility index (Phi) is 5.11. The van der Waals surface area contributed by atoms with Crippen molar-refractivity contribution < 1.29 is 4.79 Å². The summed E-state index contributed by atoms with van der Waals surface area (Å²) < 4.78 is 0. The number of carbonyl (C=O) groups excluding carboxylic acids is 1. The molecule has 1 aromatic heterocycles. The number of nitrogens with zero attached hydrogens (tertiary/aromatic N) is 2. The van der Waals surface area contributed by atoms with Crippen LogP contribution >= 0.6 is 23.4 Å². The average Bonchev–Trinajstić information content (AvgIpc) is 2.63. The number of halogens is 1. The molecule has 2 heterocycles. The Balaban J connectivity index is 2.10. The molecule has 0 bridgehead atoms. The Hall–Kier alpha value is -0.740. The largest absolute Gasteiger partial charge is 0.339 e. The van der Waals surface area contributed by atoms with Crippen LogP contribution in [0.4, 0.5) is 0 Å². The van der Waals surface area contributed by atoms with E-state index in [0.29, 0.717) is 15.8 Å². The van der Waals surface area contributed by atoms with E-state index in [1.54, 1.807) is 12.3 Å². The summed E-state index contributed by atoms with van der Waals surface area (Å²) in [4.78, 5) is 18.6. The Labute approximate surface area is 123 Å². The molecular weight excluding hydrogens is 280 g/mol. The van der Waals surface area contributed by atoms with Crippen molar-refractivity contribution in [2.24, 2.45) is 0 Å². The highest BCUT2D eigenvalue weighted by atomic mass is 35.5. The standard InChI is InChI=1S/C14H19ClN2OS/c1-10-8-13(15)12(9-16-10)14(18)17-6-3-4-11(19-2)5-7-17/h8-9,11H,3-7H2,1-2H3. The first-order valence-corrected chi connectivity index (χ1v) is 8.22. The molecule has 2 rings (SSSR count). The van der Waals surface area contributed by atoms with Crippen LogP contribution in [0.1, 0.15) is 35.3 Å². The highest BCUT2D eigenvalue weighted by Gasteiger charge is 2.22. The van der Waals surface area contributed by atoms with E-state index in [1.807, 2.05) is 23.6 Å². The first-order chi connectivity index (χ1) is 9.11. The maximum atomic E-state index is 12.5. The SMILES string of the molecule is CSC1CCCN(C(=O)c2cnc(C)cc2Cl)CC1. The quantitative estimate of drug-likeness (QED) is 0.839. The third-order valence-corrected chi connectivity index (χ3v) is 4.97. The Bertz CT molecular complexity index is 467. The number of thioether (sulfide) groups is 1. The summed E-state index contributed by atoms with van der Waals surface area (Å²) in [5.41, 5.74) is 1.36. The number of pyridine rings is 1. The zero-order valence-electron chi connectivity index (χ0n) is 11.4. The molecule has 1 aliphatic rings. The number of aryl methyl sites for hydroxylation is 1. The van der Waals surface area contributed by atoms with Crippen molar-refractivity contribution in [1.82, 2.24) is 9.88 Å². The molecule has 19 heavy (non-hydrogen) atoms. The van der Waals surface area contributed by atoms with E-state index in [9.17, 15) is 4.79 Å². The lowest BCUT2D eigenvalue weighted by atomic mass is 10.2. The summed E-state index contributed by atoms with van der Waals surface area (Å²) in [6.07, 6.45) is 7.04. The van der Waals surface area contributed by atoms with Gasteiger partial charge in [0.15, 0.2) is 0 Å². The van der Waals surface area contributed by atoms with Gasteiger partial charge in [-0.3, -0.25) is 9.78 Å². The normalized spacial score (nSPS) is 20.2. The second kappa shape index (κ2) is 6.62. The van der Waals surface area contributed by atoms with Crippen LogP contribution in [0, 0.1) is 6.92 Å². The fraction of sp³-hybridized carbons (Fsp3) is 0.571. The number of hydrogen-bond acceptors (Lipinski definition) is 3. The monoisotopic (exact) mass is 298 g/mol. The van der Waals surface area contributed by atoms with E-state index in [2.05, 4.69) is 11.2 Å². The Morgan fingerprint density at radius 2 is 2.26 bits per heavy atom. The fourth-order valence-corrected chi connectivity index (χ4v) is 3.39. The molecule has 1 unspecified atom stereocenters. The van der Waals surface area contributed by atoms with Gasteiger partial charge in [-0.2, -0.15) is 11.8 Å². The van der Waals surface area contributed by atoms with Gasteiger partial charge in [-0.25, -0.2) is 0 Å². The molecule has 0 spiro atoms. The summed E-state index contributed by atoms with van der Waals surface area (Å²) in [5, 5.41) is 1.17.